The molecule has 0 saturated carbocycles. The highest BCUT2D eigenvalue weighted by Gasteiger charge is 2.21. The van der Waals surface area contributed by atoms with E-state index in [2.05, 4.69) is 9.97 Å². The van der Waals surface area contributed by atoms with Crippen molar-refractivity contribution in [3.8, 4) is 34.2 Å². The molecule has 2 heterocycles. The summed E-state index contributed by atoms with van der Waals surface area (Å²) < 4.78 is 18.3. The molecule has 3 rings (SSSR count). The maximum absolute atomic E-state index is 13.1. The van der Waals surface area contributed by atoms with Gasteiger partial charge in [-0.05, 0) is 12.1 Å². The van der Waals surface area contributed by atoms with Gasteiger partial charge in [-0.25, -0.2) is 9.97 Å². The van der Waals surface area contributed by atoms with Crippen LogP contribution >= 0.6 is 0 Å². The summed E-state index contributed by atoms with van der Waals surface area (Å²) >= 11 is 0. The summed E-state index contributed by atoms with van der Waals surface area (Å²) in [6, 6.07) is 4.75. The molecule has 0 unspecified atom stereocenters. The van der Waals surface area contributed by atoms with Gasteiger partial charge in [-0.1, -0.05) is 0 Å². The van der Waals surface area contributed by atoms with Crippen molar-refractivity contribution >= 4 is 5.69 Å². The van der Waals surface area contributed by atoms with Gasteiger partial charge in [0, 0.05) is 29.5 Å². The fraction of sp³-hybridized carbons (Fsp3) is 0. The molecule has 0 aliphatic rings. The number of phenolic OH excluding ortho intramolecular Hbond substituents is 2. The van der Waals surface area contributed by atoms with Crippen LogP contribution in [0, 0.1) is 16.1 Å². The minimum absolute atomic E-state index is 0.0801. The van der Waals surface area contributed by atoms with Crippen molar-refractivity contribution in [1.82, 2.24) is 9.97 Å². The molecular weight excluding hydrogens is 309 g/mol. The molecule has 116 valence electrons. The third-order valence-corrected chi connectivity index (χ3v) is 3.04. The van der Waals surface area contributed by atoms with Gasteiger partial charge in [-0.2, -0.15) is 4.39 Å². The van der Waals surface area contributed by atoms with Crippen LogP contribution in [0.5, 0.6) is 11.5 Å². The van der Waals surface area contributed by atoms with Crippen molar-refractivity contribution < 1.29 is 23.9 Å². The number of phenols is 2. The van der Waals surface area contributed by atoms with E-state index >= 15 is 0 Å². The average molecular weight is 317 g/mol. The number of hydrogen-bond acceptors (Lipinski definition) is 7. The van der Waals surface area contributed by atoms with Gasteiger partial charge in [-0.3, -0.25) is 10.1 Å². The van der Waals surface area contributed by atoms with Gasteiger partial charge in [0.15, 0.2) is 5.75 Å². The zero-order chi connectivity index (χ0) is 16.6. The van der Waals surface area contributed by atoms with Crippen molar-refractivity contribution in [2.24, 2.45) is 0 Å². The maximum Gasteiger partial charge on any atom is 0.315 e. The number of nitro benzene ring substituents is 1. The quantitative estimate of drug-likeness (QED) is 0.329. The monoisotopic (exact) mass is 317 g/mol. The molecule has 23 heavy (non-hydrogen) atoms. The fourth-order valence-electron chi connectivity index (χ4n) is 1.97. The van der Waals surface area contributed by atoms with Crippen LogP contribution in [0.15, 0.2) is 41.1 Å². The van der Waals surface area contributed by atoms with E-state index in [1.54, 1.807) is 0 Å². The van der Waals surface area contributed by atoms with Crippen LogP contribution < -0.4 is 0 Å². The Morgan fingerprint density at radius 1 is 1.22 bits per heavy atom. The predicted octanol–water partition coefficient (Wildman–Crippen LogP) is 2.86. The van der Waals surface area contributed by atoms with Crippen LogP contribution in [-0.2, 0) is 0 Å². The van der Waals surface area contributed by atoms with Crippen molar-refractivity contribution in [2.45, 2.75) is 0 Å². The molecule has 9 heteroatoms. The third-order valence-electron chi connectivity index (χ3n) is 3.04. The first-order valence-electron chi connectivity index (χ1n) is 6.24. The minimum atomic E-state index is -0.836. The molecule has 8 nitrogen and oxygen atoms in total. The van der Waals surface area contributed by atoms with Gasteiger partial charge in [0.1, 0.15) is 12.0 Å². The normalized spacial score (nSPS) is 10.7. The van der Waals surface area contributed by atoms with Crippen molar-refractivity contribution in [3.05, 3.63) is 52.8 Å². The third kappa shape index (κ3) is 2.67. The van der Waals surface area contributed by atoms with Crippen LogP contribution in [0.3, 0.4) is 0 Å². The Hall–Kier alpha value is -3.49. The number of nitrogens with zero attached hydrogens (tertiary/aromatic N) is 3. The molecule has 0 bridgehead atoms. The highest BCUT2D eigenvalue weighted by Crippen LogP contribution is 2.39. The van der Waals surface area contributed by atoms with Gasteiger partial charge in [0.25, 0.3) is 0 Å². The van der Waals surface area contributed by atoms with Gasteiger partial charge in [0.2, 0.25) is 17.6 Å². The second-order valence-corrected chi connectivity index (χ2v) is 4.53. The van der Waals surface area contributed by atoms with E-state index in [0.717, 1.165) is 18.2 Å². The van der Waals surface area contributed by atoms with Gasteiger partial charge < -0.3 is 14.6 Å². The Bertz CT molecular complexity index is 909. The number of halogens is 1. The first-order chi connectivity index (χ1) is 11.0. The lowest BCUT2D eigenvalue weighted by Crippen LogP contribution is -1.90. The zero-order valence-electron chi connectivity index (χ0n) is 11.3. The van der Waals surface area contributed by atoms with Gasteiger partial charge >= 0.3 is 5.69 Å². The van der Waals surface area contributed by atoms with E-state index in [4.69, 9.17) is 4.42 Å². The summed E-state index contributed by atoms with van der Waals surface area (Å²) in [5.74, 6) is -2.12. The molecule has 0 amide bonds. The number of rotatable bonds is 3. The second kappa shape index (κ2) is 5.37. The largest absolute Gasteiger partial charge is 0.504 e. The molecule has 0 aliphatic heterocycles. The number of oxazole rings is 1. The Kier molecular flexibility index (Phi) is 3.37. The van der Waals surface area contributed by atoms with E-state index in [1.165, 1.54) is 18.5 Å². The fourth-order valence-corrected chi connectivity index (χ4v) is 1.97. The smallest absolute Gasteiger partial charge is 0.315 e. The predicted molar refractivity (Wildman–Crippen MR) is 75.1 cm³/mol. The molecule has 2 N–H and O–H groups in total. The molecule has 0 radical (unpaired) electrons. The molecule has 0 spiro atoms. The van der Waals surface area contributed by atoms with E-state index in [-0.39, 0.29) is 17.1 Å². The second-order valence-electron chi connectivity index (χ2n) is 4.53. The number of nitro groups is 1. The SMILES string of the molecule is O=[N+]([O-])c1cc(-c2coc(-c3ccnc(F)c3)n2)cc(O)c1O. The van der Waals surface area contributed by atoms with Crippen LogP contribution in [0.2, 0.25) is 0 Å². The topological polar surface area (TPSA) is 123 Å². The van der Waals surface area contributed by atoms with E-state index in [0.29, 0.717) is 5.56 Å². The number of hydrogen-bond donors (Lipinski definition) is 2. The Balaban J connectivity index is 2.06. The molecule has 3 aromatic rings. The lowest BCUT2D eigenvalue weighted by molar-refractivity contribution is -0.385. The Morgan fingerprint density at radius 3 is 2.70 bits per heavy atom. The van der Waals surface area contributed by atoms with Crippen LogP contribution in [-0.4, -0.2) is 25.1 Å². The van der Waals surface area contributed by atoms with Crippen LogP contribution in [0.4, 0.5) is 10.1 Å². The average Bonchev–Trinajstić information content (AvgIpc) is 2.99. The Labute approximate surface area is 127 Å². The number of aromatic hydroxyl groups is 2. The van der Waals surface area contributed by atoms with Crippen molar-refractivity contribution in [3.63, 3.8) is 0 Å². The highest BCUT2D eigenvalue weighted by atomic mass is 19.1. The number of aromatic nitrogens is 2. The number of pyridine rings is 1. The highest BCUT2D eigenvalue weighted by molar-refractivity contribution is 5.71. The molecule has 0 saturated heterocycles. The molecule has 2 aromatic heterocycles. The summed E-state index contributed by atoms with van der Waals surface area (Å²) in [5, 5.41) is 29.9. The van der Waals surface area contributed by atoms with E-state index in [1.807, 2.05) is 0 Å². The molecule has 0 fully saturated rings. The first kappa shape index (κ1) is 14.4. The number of benzene rings is 1. The van der Waals surface area contributed by atoms with E-state index in [9.17, 15) is 24.7 Å². The summed E-state index contributed by atoms with van der Waals surface area (Å²) in [6.45, 7) is 0. The lowest BCUT2D eigenvalue weighted by atomic mass is 10.1. The zero-order valence-corrected chi connectivity index (χ0v) is 11.3. The molecular formula is C14H8FN3O5. The standard InChI is InChI=1S/C14H8FN3O5/c15-12-5-7(1-2-16-12)14-17-9(6-23-14)8-3-10(18(21)22)13(20)11(19)4-8/h1-6,19-20H. The van der Waals surface area contributed by atoms with Crippen LogP contribution in [0.1, 0.15) is 0 Å². The molecule has 0 aliphatic carbocycles. The summed E-state index contributed by atoms with van der Waals surface area (Å²) in [7, 11) is 0. The van der Waals surface area contributed by atoms with Gasteiger partial charge in [0.05, 0.1) is 4.92 Å². The first-order valence-corrected chi connectivity index (χ1v) is 6.24. The molecule has 1 aromatic carbocycles. The summed E-state index contributed by atoms with van der Waals surface area (Å²) in [6.07, 6.45) is 2.44. The van der Waals surface area contributed by atoms with E-state index < -0.39 is 28.1 Å². The Morgan fingerprint density at radius 2 is 2.00 bits per heavy atom. The molecule has 0 atom stereocenters. The maximum atomic E-state index is 13.1. The minimum Gasteiger partial charge on any atom is -0.504 e. The van der Waals surface area contributed by atoms with Crippen molar-refractivity contribution in [1.29, 1.82) is 0 Å². The lowest BCUT2D eigenvalue weighted by Gasteiger charge is -2.02. The summed E-state index contributed by atoms with van der Waals surface area (Å²) in [5.41, 5.74) is 0.00732. The van der Waals surface area contributed by atoms with Crippen LogP contribution in [0.25, 0.3) is 22.7 Å². The summed E-state index contributed by atoms with van der Waals surface area (Å²) in [4.78, 5) is 17.5. The van der Waals surface area contributed by atoms with Gasteiger partial charge in [-0.15, -0.1) is 0 Å². The van der Waals surface area contributed by atoms with Crippen molar-refractivity contribution in [2.75, 3.05) is 0 Å².